The Labute approximate surface area is 135 Å². The molecule has 0 unspecified atom stereocenters. The molecule has 0 aliphatic carbocycles. The van der Waals surface area contributed by atoms with E-state index in [0.717, 1.165) is 5.69 Å². The van der Waals surface area contributed by atoms with E-state index >= 15 is 0 Å². The predicted molar refractivity (Wildman–Crippen MR) is 82.1 cm³/mol. The van der Waals surface area contributed by atoms with Gasteiger partial charge in [-0.1, -0.05) is 34.5 Å². The molecule has 0 bridgehead atoms. The van der Waals surface area contributed by atoms with E-state index < -0.39 is 6.61 Å². The van der Waals surface area contributed by atoms with Crippen LogP contribution in [0.3, 0.4) is 0 Å². The van der Waals surface area contributed by atoms with Crippen LogP contribution in [0.5, 0.6) is 5.75 Å². The largest absolute Gasteiger partial charge is 0.434 e. The van der Waals surface area contributed by atoms with Crippen LogP contribution in [0.25, 0.3) is 11.3 Å². The Bertz CT molecular complexity index is 646. The third kappa shape index (κ3) is 3.37. The minimum absolute atomic E-state index is 0.0681. The molecule has 0 radical (unpaired) electrons. The molecule has 0 saturated carbocycles. The highest BCUT2D eigenvalue weighted by Gasteiger charge is 2.21. The van der Waals surface area contributed by atoms with E-state index in [2.05, 4.69) is 25.8 Å². The van der Waals surface area contributed by atoms with Gasteiger partial charge in [0.05, 0.1) is 16.4 Å². The van der Waals surface area contributed by atoms with Crippen LogP contribution in [-0.4, -0.2) is 16.4 Å². The van der Waals surface area contributed by atoms with Crippen LogP contribution in [0.1, 0.15) is 19.5 Å². The van der Waals surface area contributed by atoms with Crippen molar-refractivity contribution in [2.75, 3.05) is 0 Å². The fraction of sp³-hybridized carbons (Fsp3) is 0.357. The first-order chi connectivity index (χ1) is 9.97. The second-order valence-corrected chi connectivity index (χ2v) is 5.59. The van der Waals surface area contributed by atoms with Crippen LogP contribution in [0, 0.1) is 0 Å². The Kier molecular flexibility index (Phi) is 5.22. The lowest BCUT2D eigenvalue weighted by molar-refractivity contribution is -0.0495. The molecule has 0 spiro atoms. The average Bonchev–Trinajstić information content (AvgIpc) is 2.75. The summed E-state index contributed by atoms with van der Waals surface area (Å²) in [6.45, 7) is 1.54. The standard InChI is InChI=1S/C14H14BrClF2N2O/c1-3-10-12(16)13(20(4-2)19-10)9-6-5-8(15)7-11(9)21-14(17)18/h5-7,14H,3-4H2,1-2H3. The van der Waals surface area contributed by atoms with Crippen LogP contribution in [-0.2, 0) is 13.0 Å². The second-order valence-electron chi connectivity index (χ2n) is 4.30. The molecule has 2 aromatic rings. The van der Waals surface area contributed by atoms with Gasteiger partial charge in [-0.25, -0.2) is 0 Å². The summed E-state index contributed by atoms with van der Waals surface area (Å²) >= 11 is 9.60. The van der Waals surface area contributed by atoms with Gasteiger partial charge in [-0.05, 0) is 31.5 Å². The highest BCUT2D eigenvalue weighted by Crippen LogP contribution is 2.39. The lowest BCUT2D eigenvalue weighted by Crippen LogP contribution is -2.05. The maximum atomic E-state index is 12.6. The molecule has 0 fully saturated rings. The van der Waals surface area contributed by atoms with Crippen molar-refractivity contribution in [2.24, 2.45) is 0 Å². The van der Waals surface area contributed by atoms with Gasteiger partial charge < -0.3 is 4.74 Å². The van der Waals surface area contributed by atoms with Gasteiger partial charge >= 0.3 is 6.61 Å². The highest BCUT2D eigenvalue weighted by molar-refractivity contribution is 9.10. The van der Waals surface area contributed by atoms with Gasteiger partial charge in [0, 0.05) is 16.6 Å². The number of aryl methyl sites for hydroxylation is 2. The van der Waals surface area contributed by atoms with Gasteiger partial charge in [0.2, 0.25) is 0 Å². The minimum Gasteiger partial charge on any atom is -0.434 e. The molecular weight excluding hydrogens is 366 g/mol. The summed E-state index contributed by atoms with van der Waals surface area (Å²) in [4.78, 5) is 0. The van der Waals surface area contributed by atoms with Crippen molar-refractivity contribution >= 4 is 27.5 Å². The van der Waals surface area contributed by atoms with E-state index in [-0.39, 0.29) is 5.75 Å². The van der Waals surface area contributed by atoms with E-state index in [9.17, 15) is 8.78 Å². The van der Waals surface area contributed by atoms with Crippen LogP contribution >= 0.6 is 27.5 Å². The molecular formula is C14H14BrClF2N2O. The fourth-order valence-corrected chi connectivity index (χ4v) is 2.80. The molecule has 0 aliphatic rings. The van der Waals surface area contributed by atoms with E-state index in [1.165, 1.54) is 6.07 Å². The van der Waals surface area contributed by atoms with Crippen molar-refractivity contribution < 1.29 is 13.5 Å². The Morgan fingerprint density at radius 3 is 2.67 bits per heavy atom. The minimum atomic E-state index is -2.90. The molecule has 2 rings (SSSR count). The van der Waals surface area contributed by atoms with Crippen molar-refractivity contribution in [2.45, 2.75) is 33.4 Å². The average molecular weight is 380 g/mol. The van der Waals surface area contributed by atoms with Crippen LogP contribution < -0.4 is 4.74 Å². The van der Waals surface area contributed by atoms with Gasteiger partial charge in [0.25, 0.3) is 0 Å². The number of alkyl halides is 2. The maximum Gasteiger partial charge on any atom is 0.387 e. The lowest BCUT2D eigenvalue weighted by Gasteiger charge is -2.12. The summed E-state index contributed by atoms with van der Waals surface area (Å²) in [6, 6.07) is 4.94. The summed E-state index contributed by atoms with van der Waals surface area (Å²) in [5.41, 5.74) is 1.83. The SMILES string of the molecule is CCc1nn(CC)c(-c2ccc(Br)cc2OC(F)F)c1Cl. The van der Waals surface area contributed by atoms with Gasteiger partial charge in [-0.2, -0.15) is 13.9 Å². The van der Waals surface area contributed by atoms with Gasteiger partial charge in [0.15, 0.2) is 0 Å². The summed E-state index contributed by atoms with van der Waals surface area (Å²) in [7, 11) is 0. The molecule has 0 N–H and O–H groups in total. The number of rotatable bonds is 5. The summed E-state index contributed by atoms with van der Waals surface area (Å²) in [5.74, 6) is 0.0681. The van der Waals surface area contributed by atoms with Gasteiger partial charge in [0.1, 0.15) is 5.75 Å². The Morgan fingerprint density at radius 2 is 2.10 bits per heavy atom. The normalized spacial score (nSPS) is 11.2. The predicted octanol–water partition coefficient (Wildman–Crippen LogP) is 5.15. The molecule has 114 valence electrons. The van der Waals surface area contributed by atoms with Crippen LogP contribution in [0.2, 0.25) is 5.02 Å². The van der Waals surface area contributed by atoms with E-state index in [1.54, 1.807) is 16.8 Å². The molecule has 1 aromatic carbocycles. The van der Waals surface area contributed by atoms with E-state index in [0.29, 0.717) is 33.7 Å². The van der Waals surface area contributed by atoms with Gasteiger partial charge in [-0.15, -0.1) is 0 Å². The molecule has 7 heteroatoms. The zero-order chi connectivity index (χ0) is 15.6. The number of aromatic nitrogens is 2. The Hall–Kier alpha value is -1.14. The van der Waals surface area contributed by atoms with Crippen molar-refractivity contribution in [3.63, 3.8) is 0 Å². The van der Waals surface area contributed by atoms with Crippen molar-refractivity contribution in [1.29, 1.82) is 0 Å². The quantitative estimate of drug-likeness (QED) is 0.718. The number of nitrogens with zero attached hydrogens (tertiary/aromatic N) is 2. The molecule has 21 heavy (non-hydrogen) atoms. The van der Waals surface area contributed by atoms with Crippen molar-refractivity contribution in [1.82, 2.24) is 9.78 Å². The molecule has 0 atom stereocenters. The fourth-order valence-electron chi connectivity index (χ4n) is 2.09. The number of benzene rings is 1. The molecule has 0 aliphatic heterocycles. The Morgan fingerprint density at radius 1 is 1.38 bits per heavy atom. The van der Waals surface area contributed by atoms with Crippen molar-refractivity contribution in [3.8, 4) is 17.0 Å². The second kappa shape index (κ2) is 6.75. The third-order valence-electron chi connectivity index (χ3n) is 3.01. The molecule has 1 aromatic heterocycles. The zero-order valence-corrected chi connectivity index (χ0v) is 13.9. The molecule has 3 nitrogen and oxygen atoms in total. The topological polar surface area (TPSA) is 27.1 Å². The number of halogens is 4. The number of hydrogen-bond acceptors (Lipinski definition) is 2. The lowest BCUT2D eigenvalue weighted by atomic mass is 10.1. The van der Waals surface area contributed by atoms with Gasteiger partial charge in [-0.3, -0.25) is 4.68 Å². The van der Waals surface area contributed by atoms with Crippen LogP contribution in [0.15, 0.2) is 22.7 Å². The van der Waals surface area contributed by atoms with E-state index in [1.807, 2.05) is 13.8 Å². The van der Waals surface area contributed by atoms with E-state index in [4.69, 9.17) is 11.6 Å². The van der Waals surface area contributed by atoms with Crippen molar-refractivity contribution in [3.05, 3.63) is 33.4 Å². The molecule has 1 heterocycles. The summed E-state index contributed by atoms with van der Waals surface area (Å²) < 4.78 is 32.2. The number of ether oxygens (including phenoxy) is 1. The Balaban J connectivity index is 2.63. The van der Waals surface area contributed by atoms with Crippen LogP contribution in [0.4, 0.5) is 8.78 Å². The first-order valence-electron chi connectivity index (χ1n) is 6.47. The molecule has 0 amide bonds. The summed E-state index contributed by atoms with van der Waals surface area (Å²) in [5, 5.41) is 4.87. The first kappa shape index (κ1) is 16.2. The number of hydrogen-bond donors (Lipinski definition) is 0. The summed E-state index contributed by atoms with van der Waals surface area (Å²) in [6.07, 6.45) is 0.667. The third-order valence-corrected chi connectivity index (χ3v) is 3.90. The first-order valence-corrected chi connectivity index (χ1v) is 7.64. The highest BCUT2D eigenvalue weighted by atomic mass is 79.9. The monoisotopic (exact) mass is 378 g/mol. The molecule has 0 saturated heterocycles. The maximum absolute atomic E-state index is 12.6. The smallest absolute Gasteiger partial charge is 0.387 e. The zero-order valence-electron chi connectivity index (χ0n) is 11.5.